The molecule has 8 aromatic carbocycles. The zero-order valence-electron chi connectivity index (χ0n) is 49.3. The second-order valence-electron chi connectivity index (χ2n) is 21.8. The Hall–Kier alpha value is -12.9. The van der Waals surface area contributed by atoms with Gasteiger partial charge in [0.1, 0.15) is 0 Å². The average Bonchev–Trinajstić information content (AvgIpc) is 1.57. The zero-order valence-corrected chi connectivity index (χ0v) is 49.3. The monoisotopic (exact) mass is 1220 g/mol. The highest BCUT2D eigenvalue weighted by atomic mass is 16.5. The van der Waals surface area contributed by atoms with E-state index in [0.29, 0.717) is 31.9 Å². The Labute approximate surface area is 518 Å². The van der Waals surface area contributed by atoms with Crippen molar-refractivity contribution in [1.29, 1.82) is 0 Å². The molecule has 0 radical (unpaired) electrons. The van der Waals surface area contributed by atoms with Gasteiger partial charge in [-0.15, -0.1) is 0 Å². The molecular formula is C71H47N9O12. The minimum Gasteiger partial charge on any atom is -0.419 e. The van der Waals surface area contributed by atoms with Crippen LogP contribution in [0, 0.1) is 13.8 Å². The average molecular weight is 1220 g/mol. The van der Waals surface area contributed by atoms with E-state index in [9.17, 15) is 47.9 Å². The van der Waals surface area contributed by atoms with Crippen molar-refractivity contribution in [3.63, 3.8) is 0 Å². The number of anilines is 6. The number of benzene rings is 8. The molecule has 448 valence electrons. The van der Waals surface area contributed by atoms with Crippen LogP contribution in [0.2, 0.25) is 0 Å². The molecule has 0 atom stereocenters. The molecule has 0 aliphatic carbocycles. The van der Waals surface area contributed by atoms with Gasteiger partial charge in [-0.25, -0.2) is 27.9 Å². The molecule has 92 heavy (non-hydrogen) atoms. The van der Waals surface area contributed by atoms with Crippen molar-refractivity contribution in [2.24, 2.45) is 0 Å². The highest BCUT2D eigenvalue weighted by Gasteiger charge is 2.31. The van der Waals surface area contributed by atoms with E-state index in [-0.39, 0.29) is 94.3 Å². The maximum atomic E-state index is 14.8. The van der Waals surface area contributed by atoms with E-state index >= 15 is 0 Å². The fraction of sp³-hybridized carbons (Fsp3) is 0.0563. The molecule has 13 rings (SSSR count). The molecule has 21 heteroatoms. The number of hydrogen-bond donors (Lipinski definition) is 0. The van der Waals surface area contributed by atoms with Crippen LogP contribution >= 0.6 is 0 Å². The number of carbonyl (C=O) groups is 2. The molecule has 21 nitrogen and oxygen atoms in total. The number of aryl methyl sites for hydroxylation is 2. The van der Waals surface area contributed by atoms with Gasteiger partial charge in [0.15, 0.2) is 17.3 Å². The van der Waals surface area contributed by atoms with E-state index in [4.69, 9.17) is 9.47 Å². The van der Waals surface area contributed by atoms with Crippen LogP contribution in [0.3, 0.4) is 0 Å². The van der Waals surface area contributed by atoms with Crippen LogP contribution in [0.1, 0.15) is 30.8 Å². The first kappa shape index (κ1) is 58.1. The normalized spacial score (nSPS) is 11.4. The Morgan fingerprint density at radius 1 is 0.391 bits per heavy atom. The fourth-order valence-corrected chi connectivity index (χ4v) is 11.1. The van der Waals surface area contributed by atoms with Crippen LogP contribution in [0.4, 0.5) is 34.1 Å². The number of esters is 2. The molecule has 0 saturated carbocycles. The second-order valence-corrected chi connectivity index (χ2v) is 21.8. The minimum atomic E-state index is -1.07. The molecule has 0 unspecified atom stereocenters. The smallest absolute Gasteiger partial charge is 0.338 e. The van der Waals surface area contributed by atoms with Crippen LogP contribution in [-0.2, 0) is 9.59 Å². The van der Waals surface area contributed by atoms with E-state index in [0.717, 1.165) is 50.6 Å². The molecule has 5 aromatic heterocycles. The number of para-hydroxylation sites is 4. The van der Waals surface area contributed by atoms with Gasteiger partial charge in [0.05, 0.1) is 65.8 Å². The molecule has 13 aromatic rings. The van der Waals surface area contributed by atoms with Gasteiger partial charge in [0, 0.05) is 33.9 Å². The van der Waals surface area contributed by atoms with Gasteiger partial charge in [-0.1, -0.05) is 104 Å². The predicted molar refractivity (Wildman–Crippen MR) is 352 cm³/mol. The molecule has 0 amide bonds. The topological polar surface area (TPSA) is 254 Å². The molecule has 0 aliphatic heterocycles. The van der Waals surface area contributed by atoms with Crippen LogP contribution in [-0.4, -0.2) is 45.2 Å². The van der Waals surface area contributed by atoms with Crippen LogP contribution < -0.4 is 63.7 Å². The largest absolute Gasteiger partial charge is 0.419 e. The van der Waals surface area contributed by atoms with Crippen LogP contribution in [0.25, 0.3) is 72.4 Å². The number of fused-ring (bicyclic) bond motifs is 4. The summed E-state index contributed by atoms with van der Waals surface area (Å²) in [5.74, 6) is -3.79. The first-order valence-electron chi connectivity index (χ1n) is 28.4. The lowest BCUT2D eigenvalue weighted by atomic mass is 10.1. The minimum absolute atomic E-state index is 0.0126. The third-order valence-electron chi connectivity index (χ3n) is 15.6. The SMILES string of the molecule is C=Cc1nc(-n2c(=O)c3cc4c(=O)n(-c5cccc(N(c6ccccc6)c6ccccc6)c5OC(=O)C(=C)C)c(=O)c4cc3c2=O)nc(-n2c(=O)c3cc4c(=O)n(-c5cccc(N(c6ccc(C)cc6)c6ccc(C)cc6)c5OC(=O)C(=C)C)c(=O)c4cc3c2=O)n1. The van der Waals surface area contributed by atoms with E-state index in [1.54, 1.807) is 34.1 Å². The Kier molecular flexibility index (Phi) is 14.1. The summed E-state index contributed by atoms with van der Waals surface area (Å²) in [5, 5.41) is -2.52. The van der Waals surface area contributed by atoms with Gasteiger partial charge in [-0.2, -0.15) is 15.0 Å². The Morgan fingerprint density at radius 3 is 0.978 bits per heavy atom. The summed E-state index contributed by atoms with van der Waals surface area (Å²) >= 11 is 0. The van der Waals surface area contributed by atoms with Crippen molar-refractivity contribution >= 4 is 95.2 Å². The number of hydrogen-bond acceptors (Lipinski definition) is 17. The number of nitrogens with zero attached hydrogens (tertiary/aromatic N) is 9. The fourth-order valence-electron chi connectivity index (χ4n) is 11.1. The molecule has 5 heterocycles. The maximum absolute atomic E-state index is 14.8. The summed E-state index contributed by atoms with van der Waals surface area (Å²) in [6.07, 6.45) is 1.10. The zero-order chi connectivity index (χ0) is 64.7. The second kappa shape index (κ2) is 22.4. The van der Waals surface area contributed by atoms with Crippen molar-refractivity contribution in [2.45, 2.75) is 27.7 Å². The summed E-state index contributed by atoms with van der Waals surface area (Å²) in [4.78, 5) is 161. The molecule has 0 aliphatic rings. The first-order valence-corrected chi connectivity index (χ1v) is 28.4. The summed E-state index contributed by atoms with van der Waals surface area (Å²) in [6.45, 7) is 17.9. The summed E-state index contributed by atoms with van der Waals surface area (Å²) in [6, 6.07) is 46.8. The Balaban J connectivity index is 0.921. The molecule has 0 N–H and O–H groups in total. The lowest BCUT2D eigenvalue weighted by molar-refractivity contribution is -0.130. The molecule has 0 saturated heterocycles. The third-order valence-corrected chi connectivity index (χ3v) is 15.6. The van der Waals surface area contributed by atoms with Gasteiger partial charge in [-0.05, 0) is 131 Å². The number of rotatable bonds is 15. The Bertz CT molecular complexity index is 5570. The molecular weight excluding hydrogens is 1170 g/mol. The van der Waals surface area contributed by atoms with Crippen molar-refractivity contribution < 1.29 is 19.1 Å². The standard InChI is InChI=1S/C71H47N9O12/c1-8-57-72-70(79-64(85)49-33-45-46(34-50(49)65(79)86)61(82)77(60(45)81)55-23-15-21-53(58(55)91-68(89)37(2)3)75(41-17-11-9-12-18-41)42-19-13-10-14-20-42)74-71(73-57)80-66(87)51-35-47-48(36-52(51)67(80)88)63(84)78(62(47)83)56-24-16-22-54(59(56)92-69(90)38(4)5)76(43-29-25-39(6)26-30-43)44-31-27-40(7)28-32-44/h8-36H,1-2,4H2,3,5-7H3. The predicted octanol–water partition coefficient (Wildman–Crippen LogP) is 9.44. The third kappa shape index (κ3) is 9.47. The van der Waals surface area contributed by atoms with Crippen LogP contribution in [0.15, 0.2) is 239 Å². The lowest BCUT2D eigenvalue weighted by Crippen LogP contribution is -2.30. The Morgan fingerprint density at radius 2 is 0.685 bits per heavy atom. The van der Waals surface area contributed by atoms with E-state index < -0.39 is 68.3 Å². The summed E-state index contributed by atoms with van der Waals surface area (Å²) < 4.78 is 14.6. The van der Waals surface area contributed by atoms with Crippen molar-refractivity contribution in [1.82, 2.24) is 33.2 Å². The highest BCUT2D eigenvalue weighted by Crippen LogP contribution is 2.45. The molecule has 0 bridgehead atoms. The maximum Gasteiger partial charge on any atom is 0.338 e. The van der Waals surface area contributed by atoms with Gasteiger partial charge < -0.3 is 19.3 Å². The highest BCUT2D eigenvalue weighted by molar-refractivity contribution is 6.01. The van der Waals surface area contributed by atoms with Crippen LogP contribution in [0.5, 0.6) is 11.5 Å². The van der Waals surface area contributed by atoms with Gasteiger partial charge in [0.25, 0.3) is 44.5 Å². The number of carbonyl (C=O) groups excluding carboxylic acids is 2. The molecule has 0 spiro atoms. The van der Waals surface area contributed by atoms with E-state index in [2.05, 4.69) is 34.7 Å². The van der Waals surface area contributed by atoms with E-state index in [1.807, 2.05) is 123 Å². The van der Waals surface area contributed by atoms with Crippen molar-refractivity contribution in [2.75, 3.05) is 9.80 Å². The number of aromatic nitrogens is 7. The first-order chi connectivity index (χ1) is 44.2. The summed E-state index contributed by atoms with van der Waals surface area (Å²) in [5.41, 5.74) is -3.30. The van der Waals surface area contributed by atoms with Gasteiger partial charge >= 0.3 is 11.9 Å². The molecule has 0 fully saturated rings. The lowest BCUT2D eigenvalue weighted by Gasteiger charge is -2.28. The number of ether oxygens (including phenoxy) is 2. The van der Waals surface area contributed by atoms with Crippen molar-refractivity contribution in [3.8, 4) is 34.8 Å². The summed E-state index contributed by atoms with van der Waals surface area (Å²) in [7, 11) is 0. The van der Waals surface area contributed by atoms with Gasteiger partial charge in [-0.3, -0.25) is 38.4 Å². The van der Waals surface area contributed by atoms with E-state index in [1.165, 1.54) is 26.0 Å². The van der Waals surface area contributed by atoms with Crippen molar-refractivity contribution in [3.05, 3.63) is 301 Å². The van der Waals surface area contributed by atoms with Gasteiger partial charge in [0.2, 0.25) is 11.9 Å². The quantitative estimate of drug-likeness (QED) is 0.0526.